The zero-order chi connectivity index (χ0) is 21.5. The van der Waals surface area contributed by atoms with Gasteiger partial charge in [-0.15, -0.1) is 0 Å². The predicted octanol–water partition coefficient (Wildman–Crippen LogP) is 4.29. The Kier molecular flexibility index (Phi) is 8.07. The average molecular weight is 524 g/mol. The topological polar surface area (TPSA) is 58.6 Å². The van der Waals surface area contributed by atoms with Crippen molar-refractivity contribution in [3.05, 3.63) is 63.5 Å². The maximum Gasteiger partial charge on any atom is 0.261 e. The van der Waals surface area contributed by atoms with Gasteiger partial charge in [-0.05, 0) is 72.7 Å². The van der Waals surface area contributed by atoms with E-state index >= 15 is 0 Å². The van der Waals surface area contributed by atoms with Crippen LogP contribution in [0.25, 0.3) is 0 Å². The molecule has 160 valence electrons. The van der Waals surface area contributed by atoms with Crippen LogP contribution >= 0.6 is 22.6 Å². The highest BCUT2D eigenvalue weighted by Crippen LogP contribution is 2.19. The summed E-state index contributed by atoms with van der Waals surface area (Å²) in [4.78, 5) is 27.2. The molecule has 1 fully saturated rings. The molecule has 2 aromatic carbocycles. The standard InChI is InChI=1S/C23H26FIN2O3/c1-16(23(29)26-19-7-3-4-8-19)27(14-17-6-2-5-9-21(17)24)22(28)15-30-20-12-10-18(25)11-13-20/h2,5-6,9-13,16,19H,3-4,7-8,14-15H2,1H3,(H,26,29)/t16-/m0/s1. The summed E-state index contributed by atoms with van der Waals surface area (Å²) in [6.45, 7) is 1.45. The summed E-state index contributed by atoms with van der Waals surface area (Å²) in [5, 5.41) is 3.03. The molecule has 2 aromatic rings. The van der Waals surface area contributed by atoms with Crippen molar-refractivity contribution >= 4 is 34.4 Å². The molecular formula is C23H26FIN2O3. The average Bonchev–Trinajstić information content (AvgIpc) is 3.25. The zero-order valence-electron chi connectivity index (χ0n) is 16.9. The molecule has 0 heterocycles. The van der Waals surface area contributed by atoms with Gasteiger partial charge in [-0.3, -0.25) is 9.59 Å². The minimum atomic E-state index is -0.738. The molecule has 0 aliphatic heterocycles. The predicted molar refractivity (Wildman–Crippen MR) is 121 cm³/mol. The van der Waals surface area contributed by atoms with Crippen molar-refractivity contribution < 1.29 is 18.7 Å². The first-order valence-electron chi connectivity index (χ1n) is 10.2. The van der Waals surface area contributed by atoms with Gasteiger partial charge in [0.2, 0.25) is 5.91 Å². The number of ether oxygens (including phenoxy) is 1. The lowest BCUT2D eigenvalue weighted by Crippen LogP contribution is -2.50. The fourth-order valence-corrected chi connectivity index (χ4v) is 3.90. The van der Waals surface area contributed by atoms with Crippen LogP contribution in [0.15, 0.2) is 48.5 Å². The Hall–Kier alpha value is -2.16. The van der Waals surface area contributed by atoms with Crippen LogP contribution in [0.5, 0.6) is 5.75 Å². The van der Waals surface area contributed by atoms with Crippen LogP contribution in [0.3, 0.4) is 0 Å². The lowest BCUT2D eigenvalue weighted by molar-refractivity contribution is -0.142. The molecule has 1 aliphatic carbocycles. The fraction of sp³-hybridized carbons (Fsp3) is 0.391. The monoisotopic (exact) mass is 524 g/mol. The summed E-state index contributed by atoms with van der Waals surface area (Å²) in [7, 11) is 0. The van der Waals surface area contributed by atoms with Crippen LogP contribution in [-0.2, 0) is 16.1 Å². The van der Waals surface area contributed by atoms with Crippen molar-refractivity contribution in [3.63, 3.8) is 0 Å². The van der Waals surface area contributed by atoms with Crippen molar-refractivity contribution in [1.29, 1.82) is 0 Å². The Morgan fingerprint density at radius 1 is 1.17 bits per heavy atom. The summed E-state index contributed by atoms with van der Waals surface area (Å²) in [6.07, 6.45) is 4.10. The van der Waals surface area contributed by atoms with Gasteiger partial charge in [0.1, 0.15) is 17.6 Å². The number of nitrogens with one attached hydrogen (secondary N) is 1. The van der Waals surface area contributed by atoms with Gasteiger partial charge < -0.3 is 15.0 Å². The van der Waals surface area contributed by atoms with E-state index in [0.29, 0.717) is 11.3 Å². The first kappa shape index (κ1) is 22.5. The molecule has 0 saturated heterocycles. The summed E-state index contributed by atoms with van der Waals surface area (Å²) in [6, 6.07) is 13.0. The Labute approximate surface area is 190 Å². The molecule has 1 aliphatic rings. The molecular weight excluding hydrogens is 498 g/mol. The Bertz CT molecular complexity index is 869. The normalized spacial score (nSPS) is 14.9. The third-order valence-electron chi connectivity index (χ3n) is 5.34. The van der Waals surface area contributed by atoms with E-state index in [-0.39, 0.29) is 31.0 Å². The quantitative estimate of drug-likeness (QED) is 0.525. The molecule has 1 saturated carbocycles. The van der Waals surface area contributed by atoms with E-state index in [2.05, 4.69) is 27.9 Å². The zero-order valence-corrected chi connectivity index (χ0v) is 19.1. The number of rotatable bonds is 8. The Balaban J connectivity index is 1.71. The van der Waals surface area contributed by atoms with E-state index in [0.717, 1.165) is 29.3 Å². The molecule has 0 aromatic heterocycles. The van der Waals surface area contributed by atoms with E-state index in [9.17, 15) is 14.0 Å². The molecule has 0 spiro atoms. The van der Waals surface area contributed by atoms with Gasteiger partial charge in [0.25, 0.3) is 5.91 Å². The van der Waals surface area contributed by atoms with E-state index in [4.69, 9.17) is 4.74 Å². The number of benzene rings is 2. The number of carbonyl (C=O) groups excluding carboxylic acids is 2. The fourth-order valence-electron chi connectivity index (χ4n) is 3.54. The van der Waals surface area contributed by atoms with Crippen molar-refractivity contribution in [2.24, 2.45) is 0 Å². The maximum absolute atomic E-state index is 14.2. The lowest BCUT2D eigenvalue weighted by atomic mass is 10.1. The van der Waals surface area contributed by atoms with Crippen LogP contribution in [0.2, 0.25) is 0 Å². The van der Waals surface area contributed by atoms with Gasteiger partial charge in [0.15, 0.2) is 6.61 Å². The number of carbonyl (C=O) groups is 2. The largest absolute Gasteiger partial charge is 0.484 e. The van der Waals surface area contributed by atoms with Crippen molar-refractivity contribution in [1.82, 2.24) is 10.2 Å². The molecule has 1 atom stereocenters. The van der Waals surface area contributed by atoms with Crippen LogP contribution in [-0.4, -0.2) is 35.4 Å². The van der Waals surface area contributed by atoms with E-state index in [1.807, 2.05) is 12.1 Å². The van der Waals surface area contributed by atoms with Crippen molar-refractivity contribution in [2.75, 3.05) is 6.61 Å². The van der Waals surface area contributed by atoms with E-state index in [1.54, 1.807) is 37.3 Å². The number of nitrogens with zero attached hydrogens (tertiary/aromatic N) is 1. The van der Waals surface area contributed by atoms with Gasteiger partial charge in [-0.2, -0.15) is 0 Å². The minimum absolute atomic E-state index is 0.000802. The van der Waals surface area contributed by atoms with Crippen molar-refractivity contribution in [3.8, 4) is 5.75 Å². The molecule has 1 N–H and O–H groups in total. The van der Waals surface area contributed by atoms with Crippen LogP contribution < -0.4 is 10.1 Å². The number of amides is 2. The van der Waals surface area contributed by atoms with Crippen molar-refractivity contribution in [2.45, 2.75) is 51.2 Å². The van der Waals surface area contributed by atoms with Gasteiger partial charge >= 0.3 is 0 Å². The molecule has 0 unspecified atom stereocenters. The second-order valence-corrected chi connectivity index (χ2v) is 8.77. The lowest BCUT2D eigenvalue weighted by Gasteiger charge is -2.29. The first-order valence-corrected chi connectivity index (χ1v) is 11.2. The molecule has 2 amide bonds. The third kappa shape index (κ3) is 6.17. The van der Waals surface area contributed by atoms with Gasteiger partial charge in [-0.25, -0.2) is 4.39 Å². The van der Waals surface area contributed by atoms with Gasteiger partial charge in [0, 0.05) is 21.7 Å². The smallest absolute Gasteiger partial charge is 0.261 e. The second-order valence-electron chi connectivity index (χ2n) is 7.52. The SMILES string of the molecule is C[C@@H](C(=O)NC1CCCC1)N(Cc1ccccc1F)C(=O)COc1ccc(I)cc1. The van der Waals surface area contributed by atoms with Gasteiger partial charge in [0.05, 0.1) is 0 Å². The molecule has 7 heteroatoms. The van der Waals surface area contributed by atoms with Crippen LogP contribution in [0, 0.1) is 9.39 Å². The molecule has 5 nitrogen and oxygen atoms in total. The third-order valence-corrected chi connectivity index (χ3v) is 6.06. The molecule has 30 heavy (non-hydrogen) atoms. The van der Waals surface area contributed by atoms with Gasteiger partial charge in [-0.1, -0.05) is 31.0 Å². The van der Waals surface area contributed by atoms with E-state index in [1.165, 1.54) is 11.0 Å². The highest BCUT2D eigenvalue weighted by molar-refractivity contribution is 14.1. The number of hydrogen-bond donors (Lipinski definition) is 1. The molecule has 0 radical (unpaired) electrons. The summed E-state index contributed by atoms with van der Waals surface area (Å²) < 4.78 is 20.9. The second kappa shape index (κ2) is 10.7. The maximum atomic E-state index is 14.2. The van der Waals surface area contributed by atoms with Crippen LogP contribution in [0.1, 0.15) is 38.2 Å². The molecule has 3 rings (SSSR count). The molecule has 0 bridgehead atoms. The summed E-state index contributed by atoms with van der Waals surface area (Å²) in [5.41, 5.74) is 0.362. The highest BCUT2D eigenvalue weighted by atomic mass is 127. The highest BCUT2D eigenvalue weighted by Gasteiger charge is 2.29. The summed E-state index contributed by atoms with van der Waals surface area (Å²) >= 11 is 2.19. The minimum Gasteiger partial charge on any atom is -0.484 e. The Morgan fingerprint density at radius 2 is 1.83 bits per heavy atom. The van der Waals surface area contributed by atoms with E-state index < -0.39 is 11.9 Å². The van der Waals surface area contributed by atoms with Crippen LogP contribution in [0.4, 0.5) is 4.39 Å². The first-order chi connectivity index (χ1) is 14.4. The Morgan fingerprint density at radius 3 is 2.50 bits per heavy atom. The number of halogens is 2. The number of hydrogen-bond acceptors (Lipinski definition) is 3. The summed E-state index contributed by atoms with van der Waals surface area (Å²) in [5.74, 6) is -0.429.